The van der Waals surface area contributed by atoms with Gasteiger partial charge in [-0.15, -0.1) is 0 Å². The number of aromatic nitrogens is 1. The number of carboxylic acid groups (broad SMARTS) is 1. The van der Waals surface area contributed by atoms with Crippen LogP contribution in [0.4, 0.5) is 8.78 Å². The summed E-state index contributed by atoms with van der Waals surface area (Å²) in [7, 11) is 0. The minimum atomic E-state index is -1.07. The Balaban J connectivity index is 2.58. The van der Waals surface area contributed by atoms with E-state index in [2.05, 4.69) is 4.98 Å². The number of benzene rings is 1. The molecule has 2 aromatic rings. The molecule has 0 unspecified atom stereocenters. The van der Waals surface area contributed by atoms with Crippen LogP contribution < -0.4 is 0 Å². The second kappa shape index (κ2) is 5.36. The standard InChI is InChI=1S/C15H13F2NO2/c1-8(2)14-12(15(19)20)3-4-13(18-14)9-5-10(16)7-11(17)6-9/h3-8H,1-2H3,(H,19,20). The molecule has 3 nitrogen and oxygen atoms in total. The largest absolute Gasteiger partial charge is 0.478 e. The highest BCUT2D eigenvalue weighted by Crippen LogP contribution is 2.24. The van der Waals surface area contributed by atoms with Crippen LogP contribution in [0.2, 0.25) is 0 Å². The maximum atomic E-state index is 13.2. The van der Waals surface area contributed by atoms with E-state index < -0.39 is 17.6 Å². The fourth-order valence-electron chi connectivity index (χ4n) is 1.96. The number of rotatable bonds is 3. The number of carbonyl (C=O) groups is 1. The summed E-state index contributed by atoms with van der Waals surface area (Å²) in [5, 5.41) is 9.10. The number of pyridine rings is 1. The van der Waals surface area contributed by atoms with E-state index in [1.807, 2.05) is 13.8 Å². The molecule has 5 heteroatoms. The summed E-state index contributed by atoms with van der Waals surface area (Å²) >= 11 is 0. The first-order chi connectivity index (χ1) is 9.38. The van der Waals surface area contributed by atoms with Gasteiger partial charge in [0.25, 0.3) is 0 Å². The second-order valence-electron chi connectivity index (χ2n) is 4.75. The van der Waals surface area contributed by atoms with Gasteiger partial charge in [-0.05, 0) is 30.2 Å². The van der Waals surface area contributed by atoms with Gasteiger partial charge in [-0.3, -0.25) is 4.98 Å². The zero-order valence-electron chi connectivity index (χ0n) is 11.0. The quantitative estimate of drug-likeness (QED) is 0.927. The van der Waals surface area contributed by atoms with E-state index in [0.717, 1.165) is 18.2 Å². The van der Waals surface area contributed by atoms with Crippen LogP contribution >= 0.6 is 0 Å². The van der Waals surface area contributed by atoms with Crippen molar-refractivity contribution in [2.24, 2.45) is 0 Å². The van der Waals surface area contributed by atoms with Crippen molar-refractivity contribution in [3.05, 3.63) is 53.2 Å². The van der Waals surface area contributed by atoms with E-state index in [1.165, 1.54) is 12.1 Å². The molecule has 0 atom stereocenters. The Labute approximate surface area is 114 Å². The van der Waals surface area contributed by atoms with Gasteiger partial charge in [-0.1, -0.05) is 13.8 Å². The normalized spacial score (nSPS) is 10.8. The van der Waals surface area contributed by atoms with E-state index in [4.69, 9.17) is 5.11 Å². The van der Waals surface area contributed by atoms with Crippen LogP contribution in [0.3, 0.4) is 0 Å². The molecule has 1 heterocycles. The maximum Gasteiger partial charge on any atom is 0.337 e. The first kappa shape index (κ1) is 14.1. The Bertz CT molecular complexity index is 649. The first-order valence-corrected chi connectivity index (χ1v) is 6.09. The van der Waals surface area contributed by atoms with Crippen LogP contribution in [-0.4, -0.2) is 16.1 Å². The smallest absolute Gasteiger partial charge is 0.337 e. The van der Waals surface area contributed by atoms with Crippen LogP contribution in [0.1, 0.15) is 35.8 Å². The summed E-state index contributed by atoms with van der Waals surface area (Å²) in [5.41, 5.74) is 1.11. The first-order valence-electron chi connectivity index (χ1n) is 6.09. The van der Waals surface area contributed by atoms with Crippen molar-refractivity contribution >= 4 is 5.97 Å². The lowest BCUT2D eigenvalue weighted by Gasteiger charge is -2.11. The van der Waals surface area contributed by atoms with Crippen LogP contribution in [0.5, 0.6) is 0 Å². The average molecular weight is 277 g/mol. The molecule has 0 aliphatic rings. The van der Waals surface area contributed by atoms with Crippen molar-refractivity contribution in [3.63, 3.8) is 0 Å². The van der Waals surface area contributed by atoms with Crippen molar-refractivity contribution in [2.75, 3.05) is 0 Å². The zero-order valence-corrected chi connectivity index (χ0v) is 11.0. The highest BCUT2D eigenvalue weighted by molar-refractivity contribution is 5.89. The number of halogens is 2. The predicted molar refractivity (Wildman–Crippen MR) is 70.6 cm³/mol. The average Bonchev–Trinajstić information content (AvgIpc) is 2.36. The van der Waals surface area contributed by atoms with Gasteiger partial charge in [-0.2, -0.15) is 0 Å². The van der Waals surface area contributed by atoms with E-state index in [1.54, 1.807) is 0 Å². The summed E-state index contributed by atoms with van der Waals surface area (Å²) in [4.78, 5) is 15.4. The molecule has 20 heavy (non-hydrogen) atoms. The van der Waals surface area contributed by atoms with Crippen molar-refractivity contribution < 1.29 is 18.7 Å². The molecule has 0 aliphatic carbocycles. The second-order valence-corrected chi connectivity index (χ2v) is 4.75. The van der Waals surface area contributed by atoms with Crippen LogP contribution in [-0.2, 0) is 0 Å². The Hall–Kier alpha value is -2.30. The minimum absolute atomic E-state index is 0.0978. The van der Waals surface area contributed by atoms with Gasteiger partial charge >= 0.3 is 5.97 Å². The topological polar surface area (TPSA) is 50.2 Å². The molecule has 0 amide bonds. The Morgan fingerprint density at radius 2 is 1.75 bits per heavy atom. The Morgan fingerprint density at radius 1 is 1.15 bits per heavy atom. The molecule has 0 saturated carbocycles. The molecule has 0 spiro atoms. The van der Waals surface area contributed by atoms with Crippen molar-refractivity contribution in [1.82, 2.24) is 4.98 Å². The SMILES string of the molecule is CC(C)c1nc(-c2cc(F)cc(F)c2)ccc1C(=O)O. The fourth-order valence-corrected chi connectivity index (χ4v) is 1.96. The fraction of sp³-hybridized carbons (Fsp3) is 0.200. The van der Waals surface area contributed by atoms with Gasteiger partial charge in [0, 0.05) is 11.6 Å². The number of carboxylic acids is 1. The Morgan fingerprint density at radius 3 is 2.25 bits per heavy atom. The summed E-state index contributed by atoms with van der Waals surface area (Å²) in [5.74, 6) is -2.58. The highest BCUT2D eigenvalue weighted by atomic mass is 19.1. The van der Waals surface area contributed by atoms with E-state index in [0.29, 0.717) is 11.4 Å². The summed E-state index contributed by atoms with van der Waals surface area (Å²) < 4.78 is 26.4. The molecule has 0 saturated heterocycles. The number of hydrogen-bond acceptors (Lipinski definition) is 2. The van der Waals surface area contributed by atoms with Crippen molar-refractivity contribution in [2.45, 2.75) is 19.8 Å². The third-order valence-electron chi connectivity index (χ3n) is 2.86. The van der Waals surface area contributed by atoms with Crippen molar-refractivity contribution in [1.29, 1.82) is 0 Å². The van der Waals surface area contributed by atoms with Crippen LogP contribution in [0, 0.1) is 11.6 Å². The molecule has 2 rings (SSSR count). The van der Waals surface area contributed by atoms with Gasteiger partial charge in [0.05, 0.1) is 17.0 Å². The van der Waals surface area contributed by atoms with Gasteiger partial charge in [0.2, 0.25) is 0 Å². The molecule has 0 aliphatic heterocycles. The number of hydrogen-bond donors (Lipinski definition) is 1. The molecular formula is C15H13F2NO2. The third kappa shape index (κ3) is 2.82. The number of aromatic carboxylic acids is 1. The Kier molecular flexibility index (Phi) is 3.79. The molecule has 0 bridgehead atoms. The van der Waals surface area contributed by atoms with E-state index >= 15 is 0 Å². The molecule has 1 aromatic heterocycles. The minimum Gasteiger partial charge on any atom is -0.478 e. The zero-order chi connectivity index (χ0) is 14.9. The predicted octanol–water partition coefficient (Wildman–Crippen LogP) is 3.85. The van der Waals surface area contributed by atoms with Gasteiger partial charge in [-0.25, -0.2) is 13.6 Å². The maximum absolute atomic E-state index is 13.2. The lowest BCUT2D eigenvalue weighted by Crippen LogP contribution is -2.07. The van der Waals surface area contributed by atoms with Gasteiger partial charge in [0.1, 0.15) is 11.6 Å². The summed E-state index contributed by atoms with van der Waals surface area (Å²) in [6, 6.07) is 5.96. The van der Waals surface area contributed by atoms with E-state index in [9.17, 15) is 13.6 Å². The molecule has 0 fully saturated rings. The molecular weight excluding hydrogens is 264 g/mol. The summed E-state index contributed by atoms with van der Waals surface area (Å²) in [6.07, 6.45) is 0. The van der Waals surface area contributed by atoms with Gasteiger partial charge < -0.3 is 5.11 Å². The lowest BCUT2D eigenvalue weighted by atomic mass is 10.0. The highest BCUT2D eigenvalue weighted by Gasteiger charge is 2.16. The molecule has 104 valence electrons. The molecule has 1 N–H and O–H groups in total. The van der Waals surface area contributed by atoms with Crippen LogP contribution in [0.25, 0.3) is 11.3 Å². The molecule has 0 radical (unpaired) electrons. The van der Waals surface area contributed by atoms with Crippen LogP contribution in [0.15, 0.2) is 30.3 Å². The summed E-state index contributed by atoms with van der Waals surface area (Å²) in [6.45, 7) is 3.62. The monoisotopic (exact) mass is 277 g/mol. The molecule has 1 aromatic carbocycles. The third-order valence-corrected chi connectivity index (χ3v) is 2.86. The number of nitrogens with zero attached hydrogens (tertiary/aromatic N) is 1. The lowest BCUT2D eigenvalue weighted by molar-refractivity contribution is 0.0694. The van der Waals surface area contributed by atoms with Gasteiger partial charge in [0.15, 0.2) is 0 Å². The van der Waals surface area contributed by atoms with Crippen molar-refractivity contribution in [3.8, 4) is 11.3 Å². The van der Waals surface area contributed by atoms with E-state index in [-0.39, 0.29) is 17.0 Å².